The van der Waals surface area contributed by atoms with Crippen molar-refractivity contribution in [3.8, 4) is 0 Å². The number of sulfone groups is 1. The lowest BCUT2D eigenvalue weighted by atomic mass is 10.1. The van der Waals surface area contributed by atoms with Gasteiger partial charge in [-0.2, -0.15) is 0 Å². The Bertz CT molecular complexity index is 483. The summed E-state index contributed by atoms with van der Waals surface area (Å²) in [5, 5.41) is 9.49. The van der Waals surface area contributed by atoms with Gasteiger partial charge in [-0.25, -0.2) is 12.8 Å². The quantitative estimate of drug-likeness (QED) is 0.837. The molecule has 0 heterocycles. The van der Waals surface area contributed by atoms with E-state index in [2.05, 4.69) is 0 Å². The number of aliphatic hydroxyl groups is 1. The zero-order valence-electron chi connectivity index (χ0n) is 9.68. The average molecular weight is 278 g/mol. The number of thioether (sulfide) groups is 1. The lowest BCUT2D eigenvalue weighted by Crippen LogP contribution is -2.06. The van der Waals surface area contributed by atoms with Crippen LogP contribution in [0.4, 0.5) is 4.39 Å². The summed E-state index contributed by atoms with van der Waals surface area (Å²) < 4.78 is 35.5. The van der Waals surface area contributed by atoms with Gasteiger partial charge in [0.05, 0.1) is 11.9 Å². The highest BCUT2D eigenvalue weighted by Gasteiger charge is 2.13. The summed E-state index contributed by atoms with van der Waals surface area (Å²) in [5.41, 5.74) is 0.489. The van der Waals surface area contributed by atoms with Gasteiger partial charge in [-0.1, -0.05) is 12.1 Å². The van der Waals surface area contributed by atoms with E-state index in [1.165, 1.54) is 12.1 Å². The maximum Gasteiger partial charge on any atom is 0.148 e. The molecule has 0 aliphatic rings. The fourth-order valence-electron chi connectivity index (χ4n) is 1.30. The SMILES string of the molecule is C[C@@H](O)c1cccc(F)c1SCCS(C)(=O)=O. The number of rotatable bonds is 5. The molecule has 1 aromatic rings. The van der Waals surface area contributed by atoms with Gasteiger partial charge < -0.3 is 5.11 Å². The molecule has 1 N–H and O–H groups in total. The molecule has 0 bridgehead atoms. The molecule has 1 atom stereocenters. The Morgan fingerprint density at radius 3 is 2.65 bits per heavy atom. The smallest absolute Gasteiger partial charge is 0.148 e. The second-order valence-electron chi connectivity index (χ2n) is 3.81. The summed E-state index contributed by atoms with van der Waals surface area (Å²) in [6.07, 6.45) is 0.372. The Morgan fingerprint density at radius 1 is 1.47 bits per heavy atom. The molecule has 0 spiro atoms. The minimum absolute atomic E-state index is 0.00868. The summed E-state index contributed by atoms with van der Waals surface area (Å²) in [5.74, 6) is -0.160. The molecule has 6 heteroatoms. The molecule has 0 aliphatic heterocycles. The lowest BCUT2D eigenvalue weighted by Gasteiger charge is -2.12. The van der Waals surface area contributed by atoms with Gasteiger partial charge in [0.1, 0.15) is 15.7 Å². The van der Waals surface area contributed by atoms with Gasteiger partial charge in [0.2, 0.25) is 0 Å². The van der Waals surface area contributed by atoms with Crippen LogP contribution in [0.2, 0.25) is 0 Å². The third-order valence-electron chi connectivity index (χ3n) is 2.15. The van der Waals surface area contributed by atoms with Gasteiger partial charge in [-0.3, -0.25) is 0 Å². The molecule has 0 saturated carbocycles. The summed E-state index contributed by atoms with van der Waals surface area (Å²) in [4.78, 5) is 0.325. The number of hydrogen-bond acceptors (Lipinski definition) is 4. The van der Waals surface area contributed by atoms with Crippen LogP contribution in [0.3, 0.4) is 0 Å². The van der Waals surface area contributed by atoms with Crippen molar-refractivity contribution in [3.05, 3.63) is 29.6 Å². The third kappa shape index (κ3) is 4.65. The molecule has 1 rings (SSSR count). The first kappa shape index (κ1) is 14.5. The first-order valence-electron chi connectivity index (χ1n) is 5.08. The van der Waals surface area contributed by atoms with E-state index < -0.39 is 21.8 Å². The standard InChI is InChI=1S/C11H15FO3S2/c1-8(13)9-4-3-5-10(12)11(9)16-6-7-17(2,14)15/h3-5,8,13H,6-7H2,1-2H3/t8-/m1/s1. The first-order valence-corrected chi connectivity index (χ1v) is 8.13. The van der Waals surface area contributed by atoms with Crippen molar-refractivity contribution in [1.82, 2.24) is 0 Å². The van der Waals surface area contributed by atoms with Crippen molar-refractivity contribution in [3.63, 3.8) is 0 Å². The topological polar surface area (TPSA) is 54.4 Å². The van der Waals surface area contributed by atoms with Crippen molar-refractivity contribution >= 4 is 21.6 Å². The molecule has 3 nitrogen and oxygen atoms in total. The van der Waals surface area contributed by atoms with Crippen LogP contribution in [-0.4, -0.2) is 31.3 Å². The van der Waals surface area contributed by atoms with Gasteiger partial charge in [-0.15, -0.1) is 11.8 Å². The predicted octanol–water partition coefficient (Wildman–Crippen LogP) is 2.02. The van der Waals surface area contributed by atoms with E-state index in [4.69, 9.17) is 0 Å². The largest absolute Gasteiger partial charge is 0.389 e. The highest BCUT2D eigenvalue weighted by Crippen LogP contribution is 2.30. The highest BCUT2D eigenvalue weighted by atomic mass is 32.2. The van der Waals surface area contributed by atoms with Crippen LogP contribution in [0, 0.1) is 5.82 Å². The van der Waals surface area contributed by atoms with E-state index in [1.807, 2.05) is 0 Å². The van der Waals surface area contributed by atoms with Crippen molar-refractivity contribution in [1.29, 1.82) is 0 Å². The Morgan fingerprint density at radius 2 is 2.12 bits per heavy atom. The summed E-state index contributed by atoms with van der Waals surface area (Å²) in [7, 11) is -3.05. The monoisotopic (exact) mass is 278 g/mol. The molecule has 0 saturated heterocycles. The lowest BCUT2D eigenvalue weighted by molar-refractivity contribution is 0.195. The molecule has 0 amide bonds. The Labute approximate surface area is 105 Å². The highest BCUT2D eigenvalue weighted by molar-refractivity contribution is 8.00. The molecule has 96 valence electrons. The minimum Gasteiger partial charge on any atom is -0.389 e. The fourth-order valence-corrected chi connectivity index (χ4v) is 3.66. The molecule has 0 aliphatic carbocycles. The molecule has 1 aromatic carbocycles. The molecule has 17 heavy (non-hydrogen) atoms. The zero-order valence-corrected chi connectivity index (χ0v) is 11.3. The minimum atomic E-state index is -3.05. The zero-order chi connectivity index (χ0) is 13.1. The Kier molecular flexibility index (Phi) is 4.97. The summed E-state index contributed by atoms with van der Waals surface area (Å²) in [6, 6.07) is 4.46. The van der Waals surface area contributed by atoms with Gasteiger partial charge in [0.15, 0.2) is 0 Å². The van der Waals surface area contributed by atoms with E-state index in [1.54, 1.807) is 13.0 Å². The fraction of sp³-hybridized carbons (Fsp3) is 0.455. The number of benzene rings is 1. The average Bonchev–Trinajstić information content (AvgIpc) is 2.18. The Balaban J connectivity index is 2.83. The van der Waals surface area contributed by atoms with E-state index in [9.17, 15) is 17.9 Å². The molecule has 0 radical (unpaired) electrons. The van der Waals surface area contributed by atoms with Crippen molar-refractivity contribution < 1.29 is 17.9 Å². The van der Waals surface area contributed by atoms with Gasteiger partial charge >= 0.3 is 0 Å². The molecule has 0 fully saturated rings. The Hall–Kier alpha value is -0.590. The second-order valence-corrected chi connectivity index (χ2v) is 7.18. The predicted molar refractivity (Wildman–Crippen MR) is 67.5 cm³/mol. The van der Waals surface area contributed by atoms with Crippen LogP contribution in [0.15, 0.2) is 23.1 Å². The van der Waals surface area contributed by atoms with E-state index >= 15 is 0 Å². The summed E-state index contributed by atoms with van der Waals surface area (Å²) >= 11 is 1.11. The van der Waals surface area contributed by atoms with Crippen LogP contribution in [-0.2, 0) is 9.84 Å². The molecular weight excluding hydrogens is 263 g/mol. The van der Waals surface area contributed by atoms with E-state index in [0.29, 0.717) is 10.5 Å². The van der Waals surface area contributed by atoms with Crippen molar-refractivity contribution in [2.75, 3.05) is 17.8 Å². The van der Waals surface area contributed by atoms with E-state index in [-0.39, 0.29) is 11.5 Å². The van der Waals surface area contributed by atoms with Crippen LogP contribution in [0.1, 0.15) is 18.6 Å². The van der Waals surface area contributed by atoms with Gasteiger partial charge in [-0.05, 0) is 18.6 Å². The molecule has 0 unspecified atom stereocenters. The van der Waals surface area contributed by atoms with Crippen molar-refractivity contribution in [2.45, 2.75) is 17.9 Å². The maximum absolute atomic E-state index is 13.5. The second kappa shape index (κ2) is 5.84. The van der Waals surface area contributed by atoms with Crippen LogP contribution < -0.4 is 0 Å². The third-order valence-corrected chi connectivity index (χ3v) is 4.48. The van der Waals surface area contributed by atoms with Gasteiger partial charge in [0, 0.05) is 16.9 Å². The van der Waals surface area contributed by atoms with Crippen molar-refractivity contribution in [2.24, 2.45) is 0 Å². The maximum atomic E-state index is 13.5. The number of aliphatic hydroxyl groups excluding tert-OH is 1. The molecule has 0 aromatic heterocycles. The van der Waals surface area contributed by atoms with Crippen LogP contribution in [0.25, 0.3) is 0 Å². The normalized spacial score (nSPS) is 13.6. The first-order chi connectivity index (χ1) is 7.81. The van der Waals surface area contributed by atoms with E-state index in [0.717, 1.165) is 18.0 Å². The van der Waals surface area contributed by atoms with Gasteiger partial charge in [0.25, 0.3) is 0 Å². The number of halogens is 1. The molecular formula is C11H15FO3S2. The summed E-state index contributed by atoms with van der Waals surface area (Å²) in [6.45, 7) is 1.55. The number of hydrogen-bond donors (Lipinski definition) is 1. The van der Waals surface area contributed by atoms with Crippen LogP contribution in [0.5, 0.6) is 0 Å². The van der Waals surface area contributed by atoms with Crippen LogP contribution >= 0.6 is 11.8 Å².